The highest BCUT2D eigenvalue weighted by Crippen LogP contribution is 2.22. The van der Waals surface area contributed by atoms with Crippen LogP contribution in [0.2, 0.25) is 0 Å². The molecule has 0 aliphatic rings. The molecule has 0 radical (unpaired) electrons. The maximum Gasteiger partial charge on any atom is 0.164 e. The average Bonchev–Trinajstić information content (AvgIpc) is 2.14. The van der Waals surface area contributed by atoms with Gasteiger partial charge in [0.2, 0.25) is 0 Å². The van der Waals surface area contributed by atoms with Gasteiger partial charge in [-0.3, -0.25) is 9.78 Å². The highest BCUT2D eigenvalue weighted by Gasteiger charge is 2.15. The maximum absolute atomic E-state index is 11.9. The molecule has 0 saturated carbocycles. The minimum atomic E-state index is 0.204. The minimum Gasteiger partial charge on any atom is -0.294 e. The Labute approximate surface area is 91.7 Å². The van der Waals surface area contributed by atoms with Crippen molar-refractivity contribution in [1.82, 2.24) is 4.98 Å². The van der Waals surface area contributed by atoms with E-state index in [9.17, 15) is 4.79 Å². The first kappa shape index (κ1) is 11.9. The van der Waals surface area contributed by atoms with Crippen LogP contribution in [0.1, 0.15) is 49.7 Å². The Morgan fingerprint density at radius 1 is 1.40 bits per heavy atom. The maximum atomic E-state index is 11.9. The van der Waals surface area contributed by atoms with Crippen molar-refractivity contribution in [1.29, 1.82) is 0 Å². The van der Waals surface area contributed by atoms with Crippen LogP contribution in [0, 0.1) is 12.3 Å². The van der Waals surface area contributed by atoms with E-state index in [1.807, 2.05) is 19.1 Å². The molecule has 0 saturated heterocycles. The van der Waals surface area contributed by atoms with Gasteiger partial charge in [0.15, 0.2) is 5.78 Å². The van der Waals surface area contributed by atoms with Crippen molar-refractivity contribution < 1.29 is 4.79 Å². The topological polar surface area (TPSA) is 30.0 Å². The summed E-state index contributed by atoms with van der Waals surface area (Å²) < 4.78 is 0. The molecule has 0 aromatic carbocycles. The summed E-state index contributed by atoms with van der Waals surface area (Å²) in [4.78, 5) is 16.0. The fourth-order valence-corrected chi connectivity index (χ4v) is 1.40. The SMILES string of the molecule is Cc1ncccc1C(=O)CCC(C)(C)C. The van der Waals surface area contributed by atoms with Crippen molar-refractivity contribution >= 4 is 5.78 Å². The molecule has 82 valence electrons. The standard InChI is InChI=1S/C13H19NO/c1-10-11(6-5-9-14-10)12(15)7-8-13(2,3)4/h5-6,9H,7-8H2,1-4H3. The number of nitrogens with zero attached hydrogens (tertiary/aromatic N) is 1. The number of rotatable bonds is 3. The number of Topliss-reactive ketones (excluding diaryl/α,β-unsaturated/α-hetero) is 1. The molecule has 0 atom stereocenters. The van der Waals surface area contributed by atoms with Crippen LogP contribution in [0.15, 0.2) is 18.3 Å². The van der Waals surface area contributed by atoms with E-state index in [2.05, 4.69) is 25.8 Å². The Kier molecular flexibility index (Phi) is 3.61. The summed E-state index contributed by atoms with van der Waals surface area (Å²) in [5.41, 5.74) is 1.81. The first-order chi connectivity index (χ1) is 6.90. The van der Waals surface area contributed by atoms with Gasteiger partial charge in [-0.25, -0.2) is 0 Å². The predicted molar refractivity (Wildman–Crippen MR) is 62.0 cm³/mol. The number of aromatic nitrogens is 1. The van der Waals surface area contributed by atoms with E-state index in [4.69, 9.17) is 0 Å². The molecule has 1 heterocycles. The molecule has 1 aromatic heterocycles. The molecule has 15 heavy (non-hydrogen) atoms. The van der Waals surface area contributed by atoms with Crippen molar-refractivity contribution in [3.8, 4) is 0 Å². The Morgan fingerprint density at radius 2 is 2.07 bits per heavy atom. The van der Waals surface area contributed by atoms with E-state index in [0.717, 1.165) is 17.7 Å². The monoisotopic (exact) mass is 205 g/mol. The van der Waals surface area contributed by atoms with E-state index in [1.54, 1.807) is 6.20 Å². The Hall–Kier alpha value is -1.18. The van der Waals surface area contributed by atoms with Crippen LogP contribution in [0.3, 0.4) is 0 Å². The summed E-state index contributed by atoms with van der Waals surface area (Å²) in [5, 5.41) is 0. The summed E-state index contributed by atoms with van der Waals surface area (Å²) in [7, 11) is 0. The molecule has 0 aliphatic heterocycles. The fourth-order valence-electron chi connectivity index (χ4n) is 1.40. The number of aryl methyl sites for hydroxylation is 1. The summed E-state index contributed by atoms with van der Waals surface area (Å²) in [6, 6.07) is 3.67. The van der Waals surface area contributed by atoms with Gasteiger partial charge in [-0.2, -0.15) is 0 Å². The molecule has 0 N–H and O–H groups in total. The van der Waals surface area contributed by atoms with Crippen LogP contribution in [-0.4, -0.2) is 10.8 Å². The number of carbonyl (C=O) groups excluding carboxylic acids is 1. The second kappa shape index (κ2) is 4.56. The lowest BCUT2D eigenvalue weighted by atomic mass is 9.88. The molecular weight excluding hydrogens is 186 g/mol. The third-order valence-electron chi connectivity index (χ3n) is 2.41. The van der Waals surface area contributed by atoms with Gasteiger partial charge in [-0.15, -0.1) is 0 Å². The Bertz CT molecular complexity index is 350. The zero-order valence-corrected chi connectivity index (χ0v) is 10.0. The predicted octanol–water partition coefficient (Wildman–Crippen LogP) is 3.40. The fraction of sp³-hybridized carbons (Fsp3) is 0.538. The molecule has 1 rings (SSSR count). The first-order valence-electron chi connectivity index (χ1n) is 5.35. The van der Waals surface area contributed by atoms with Crippen molar-refractivity contribution in [3.05, 3.63) is 29.6 Å². The largest absolute Gasteiger partial charge is 0.294 e. The van der Waals surface area contributed by atoms with E-state index >= 15 is 0 Å². The lowest BCUT2D eigenvalue weighted by molar-refractivity contribution is 0.0965. The Morgan fingerprint density at radius 3 is 2.60 bits per heavy atom. The molecule has 0 aliphatic carbocycles. The summed E-state index contributed by atoms with van der Waals surface area (Å²) in [6.07, 6.45) is 3.24. The van der Waals surface area contributed by atoms with Gasteiger partial charge in [0.05, 0.1) is 0 Å². The molecular formula is C13H19NO. The van der Waals surface area contributed by atoms with Gasteiger partial charge < -0.3 is 0 Å². The van der Waals surface area contributed by atoms with Crippen LogP contribution in [0.25, 0.3) is 0 Å². The number of hydrogen-bond acceptors (Lipinski definition) is 2. The molecule has 1 aromatic rings. The van der Waals surface area contributed by atoms with Crippen molar-refractivity contribution in [2.24, 2.45) is 5.41 Å². The van der Waals surface area contributed by atoms with E-state index in [1.165, 1.54) is 0 Å². The number of hydrogen-bond donors (Lipinski definition) is 0. The van der Waals surface area contributed by atoms with Crippen LogP contribution in [0.4, 0.5) is 0 Å². The third kappa shape index (κ3) is 3.82. The molecule has 2 nitrogen and oxygen atoms in total. The quantitative estimate of drug-likeness (QED) is 0.708. The van der Waals surface area contributed by atoms with Crippen LogP contribution >= 0.6 is 0 Å². The number of pyridine rings is 1. The number of carbonyl (C=O) groups is 1. The highest BCUT2D eigenvalue weighted by molar-refractivity contribution is 5.96. The van der Waals surface area contributed by atoms with Crippen LogP contribution in [-0.2, 0) is 0 Å². The summed E-state index contributed by atoms with van der Waals surface area (Å²) in [6.45, 7) is 8.33. The number of ketones is 1. The van der Waals surface area contributed by atoms with E-state index < -0.39 is 0 Å². The molecule has 2 heteroatoms. The third-order valence-corrected chi connectivity index (χ3v) is 2.41. The van der Waals surface area contributed by atoms with Gasteiger partial charge in [0, 0.05) is 23.9 Å². The molecule has 0 unspecified atom stereocenters. The smallest absolute Gasteiger partial charge is 0.164 e. The molecule has 0 amide bonds. The van der Waals surface area contributed by atoms with Crippen molar-refractivity contribution in [3.63, 3.8) is 0 Å². The second-order valence-corrected chi connectivity index (χ2v) is 5.12. The lowest BCUT2D eigenvalue weighted by Crippen LogP contribution is -2.10. The van der Waals surface area contributed by atoms with Crippen molar-refractivity contribution in [2.45, 2.75) is 40.5 Å². The van der Waals surface area contributed by atoms with E-state index in [0.29, 0.717) is 6.42 Å². The zero-order chi connectivity index (χ0) is 11.5. The minimum absolute atomic E-state index is 0.204. The van der Waals surface area contributed by atoms with Gasteiger partial charge in [-0.05, 0) is 30.9 Å². The average molecular weight is 205 g/mol. The normalized spacial score (nSPS) is 11.5. The van der Waals surface area contributed by atoms with Crippen LogP contribution in [0.5, 0.6) is 0 Å². The molecule has 0 bridgehead atoms. The molecule has 0 spiro atoms. The Balaban J connectivity index is 2.66. The van der Waals surface area contributed by atoms with Gasteiger partial charge in [-0.1, -0.05) is 20.8 Å². The van der Waals surface area contributed by atoms with Crippen molar-refractivity contribution in [2.75, 3.05) is 0 Å². The van der Waals surface area contributed by atoms with Gasteiger partial charge in [0.25, 0.3) is 0 Å². The molecule has 0 fully saturated rings. The zero-order valence-electron chi connectivity index (χ0n) is 10.0. The van der Waals surface area contributed by atoms with Crippen LogP contribution < -0.4 is 0 Å². The first-order valence-corrected chi connectivity index (χ1v) is 5.35. The van der Waals surface area contributed by atoms with E-state index in [-0.39, 0.29) is 11.2 Å². The second-order valence-electron chi connectivity index (χ2n) is 5.12. The lowest BCUT2D eigenvalue weighted by Gasteiger charge is -2.17. The summed E-state index contributed by atoms with van der Waals surface area (Å²) >= 11 is 0. The highest BCUT2D eigenvalue weighted by atomic mass is 16.1. The van der Waals surface area contributed by atoms with Gasteiger partial charge in [0.1, 0.15) is 0 Å². The summed E-state index contributed by atoms with van der Waals surface area (Å²) in [5.74, 6) is 0.204. The van der Waals surface area contributed by atoms with Gasteiger partial charge >= 0.3 is 0 Å².